The maximum Gasteiger partial charge on any atom is 0.186 e. The van der Waals surface area contributed by atoms with Crippen LogP contribution in [0.25, 0.3) is 0 Å². The molecule has 0 aromatic carbocycles. The van der Waals surface area contributed by atoms with Crippen LogP contribution in [0, 0.1) is 11.8 Å². The summed E-state index contributed by atoms with van der Waals surface area (Å²) in [6, 6.07) is 0. The predicted molar refractivity (Wildman–Crippen MR) is 125 cm³/mol. The Morgan fingerprint density at radius 2 is 1.18 bits per heavy atom. The summed E-state index contributed by atoms with van der Waals surface area (Å²) >= 11 is 0. The van der Waals surface area contributed by atoms with Crippen molar-refractivity contribution in [3.05, 3.63) is 0 Å². The van der Waals surface area contributed by atoms with Crippen LogP contribution in [0.5, 0.6) is 0 Å². The van der Waals surface area contributed by atoms with Crippen molar-refractivity contribution in [3.8, 4) is 0 Å². The average molecular weight is 551 g/mol. The summed E-state index contributed by atoms with van der Waals surface area (Å²) in [5, 5.41) is 82.0. The SMILES string of the molecule is OC1CCC(C2OC3CC(O)CC(O)C3CC2OC2OCC(OC3OCC(O)C(O)C3O)C(O)C2O)CC1. The first kappa shape index (κ1) is 29.0. The fourth-order valence-corrected chi connectivity index (χ4v) is 6.63. The Kier molecular flexibility index (Phi) is 9.27. The van der Waals surface area contributed by atoms with Gasteiger partial charge in [-0.3, -0.25) is 0 Å². The van der Waals surface area contributed by atoms with Gasteiger partial charge in [0.15, 0.2) is 12.6 Å². The van der Waals surface area contributed by atoms with Crippen LogP contribution in [0.2, 0.25) is 0 Å². The zero-order chi connectivity index (χ0) is 27.1. The van der Waals surface area contributed by atoms with Gasteiger partial charge in [0, 0.05) is 5.92 Å². The molecule has 13 heteroatoms. The first-order chi connectivity index (χ1) is 18.1. The normalized spacial score (nSPS) is 54.3. The third-order valence-corrected chi connectivity index (χ3v) is 8.91. The standard InChI is InChI=1S/C25H42O13/c26-11-3-1-10(2-4-11)23-17(7-13-14(28)5-12(27)6-16(13)36-23)37-25-22(33)20(31)18(9-35-25)38-24-21(32)19(30)15(29)8-34-24/h10-33H,1-9H2. The van der Waals surface area contributed by atoms with Gasteiger partial charge in [0.1, 0.15) is 36.6 Å². The van der Waals surface area contributed by atoms with E-state index in [0.717, 1.165) is 12.8 Å². The first-order valence-corrected chi connectivity index (χ1v) is 13.8. The highest BCUT2D eigenvalue weighted by molar-refractivity contribution is 4.98. The third kappa shape index (κ3) is 6.05. The summed E-state index contributed by atoms with van der Waals surface area (Å²) in [5.41, 5.74) is 0. The summed E-state index contributed by atoms with van der Waals surface area (Å²) in [6.07, 6.45) is -10.2. The maximum absolute atomic E-state index is 10.8. The summed E-state index contributed by atoms with van der Waals surface area (Å²) in [7, 11) is 0. The average Bonchev–Trinajstić information content (AvgIpc) is 2.89. The minimum Gasteiger partial charge on any atom is -0.393 e. The molecule has 5 fully saturated rings. The van der Waals surface area contributed by atoms with E-state index in [1.54, 1.807) is 0 Å². The molecule has 0 radical (unpaired) electrons. The van der Waals surface area contributed by atoms with Crippen LogP contribution >= 0.6 is 0 Å². The quantitative estimate of drug-likeness (QED) is 0.173. The molecule has 14 atom stereocenters. The van der Waals surface area contributed by atoms with Gasteiger partial charge in [-0.15, -0.1) is 0 Å². The molecule has 38 heavy (non-hydrogen) atoms. The van der Waals surface area contributed by atoms with E-state index in [1.165, 1.54) is 0 Å². The number of rotatable bonds is 5. The minimum absolute atomic E-state index is 0.0778. The number of hydrogen-bond acceptors (Lipinski definition) is 13. The predicted octanol–water partition coefficient (Wildman–Crippen LogP) is -2.89. The van der Waals surface area contributed by atoms with Gasteiger partial charge in [0.05, 0.1) is 49.8 Å². The molecule has 14 unspecified atom stereocenters. The smallest absolute Gasteiger partial charge is 0.186 e. The van der Waals surface area contributed by atoms with Crippen molar-refractivity contribution in [2.75, 3.05) is 13.2 Å². The minimum atomic E-state index is -1.56. The number of ether oxygens (including phenoxy) is 5. The van der Waals surface area contributed by atoms with E-state index in [2.05, 4.69) is 0 Å². The second-order valence-corrected chi connectivity index (χ2v) is 11.6. The number of hydrogen-bond donors (Lipinski definition) is 8. The molecule has 0 spiro atoms. The Morgan fingerprint density at radius 3 is 1.89 bits per heavy atom. The second kappa shape index (κ2) is 12.1. The number of fused-ring (bicyclic) bond motifs is 1. The van der Waals surface area contributed by atoms with Crippen molar-refractivity contribution in [3.63, 3.8) is 0 Å². The van der Waals surface area contributed by atoms with Gasteiger partial charge < -0.3 is 64.5 Å². The Bertz CT molecular complexity index is 766. The van der Waals surface area contributed by atoms with Crippen molar-refractivity contribution < 1.29 is 64.5 Å². The lowest BCUT2D eigenvalue weighted by atomic mass is 9.73. The van der Waals surface area contributed by atoms with E-state index in [9.17, 15) is 40.9 Å². The van der Waals surface area contributed by atoms with Crippen molar-refractivity contribution in [1.82, 2.24) is 0 Å². The number of aliphatic hydroxyl groups excluding tert-OH is 8. The fourth-order valence-electron chi connectivity index (χ4n) is 6.63. The monoisotopic (exact) mass is 550 g/mol. The van der Waals surface area contributed by atoms with Crippen LogP contribution in [-0.4, -0.2) is 140 Å². The van der Waals surface area contributed by atoms with Crippen molar-refractivity contribution >= 4 is 0 Å². The molecular weight excluding hydrogens is 508 g/mol. The molecule has 13 nitrogen and oxygen atoms in total. The van der Waals surface area contributed by atoms with E-state index in [0.29, 0.717) is 25.7 Å². The van der Waals surface area contributed by atoms with Crippen LogP contribution in [0.4, 0.5) is 0 Å². The first-order valence-electron chi connectivity index (χ1n) is 13.8. The molecule has 220 valence electrons. The third-order valence-electron chi connectivity index (χ3n) is 8.91. The van der Waals surface area contributed by atoms with E-state index in [1.807, 2.05) is 0 Å². The van der Waals surface area contributed by atoms with Crippen LogP contribution in [-0.2, 0) is 23.7 Å². The maximum atomic E-state index is 10.8. The van der Waals surface area contributed by atoms with E-state index < -0.39 is 73.6 Å². The molecule has 2 aliphatic carbocycles. The lowest BCUT2D eigenvalue weighted by Gasteiger charge is -2.50. The van der Waals surface area contributed by atoms with Gasteiger partial charge in [-0.1, -0.05) is 0 Å². The summed E-state index contributed by atoms with van der Waals surface area (Å²) in [5.74, 6) is -0.184. The lowest BCUT2D eigenvalue weighted by Crippen LogP contribution is -2.61. The molecular formula is C25H42O13. The molecule has 2 saturated carbocycles. The van der Waals surface area contributed by atoms with Crippen LogP contribution in [0.15, 0.2) is 0 Å². The zero-order valence-electron chi connectivity index (χ0n) is 21.2. The molecule has 3 aliphatic heterocycles. The molecule has 0 aromatic heterocycles. The fraction of sp³-hybridized carbons (Fsp3) is 1.00. The molecule has 3 heterocycles. The van der Waals surface area contributed by atoms with Crippen LogP contribution in [0.3, 0.4) is 0 Å². The molecule has 8 N–H and O–H groups in total. The van der Waals surface area contributed by atoms with Crippen LogP contribution in [0.1, 0.15) is 44.9 Å². The molecule has 0 bridgehead atoms. The van der Waals surface area contributed by atoms with E-state index >= 15 is 0 Å². The van der Waals surface area contributed by atoms with Crippen molar-refractivity contribution in [2.45, 2.75) is 131 Å². The van der Waals surface area contributed by atoms with Gasteiger partial charge in [-0.25, -0.2) is 0 Å². The van der Waals surface area contributed by atoms with Gasteiger partial charge in [-0.05, 0) is 50.9 Å². The highest BCUT2D eigenvalue weighted by Gasteiger charge is 2.51. The van der Waals surface area contributed by atoms with Crippen molar-refractivity contribution in [2.24, 2.45) is 11.8 Å². The Balaban J connectivity index is 1.24. The summed E-state index contributed by atoms with van der Waals surface area (Å²) in [6.45, 7) is -0.476. The zero-order valence-corrected chi connectivity index (χ0v) is 21.2. The van der Waals surface area contributed by atoms with Gasteiger partial charge in [-0.2, -0.15) is 0 Å². The molecule has 5 aliphatic rings. The summed E-state index contributed by atoms with van der Waals surface area (Å²) in [4.78, 5) is 0. The second-order valence-electron chi connectivity index (χ2n) is 11.6. The van der Waals surface area contributed by atoms with Gasteiger partial charge in [0.25, 0.3) is 0 Å². The molecule has 3 saturated heterocycles. The Morgan fingerprint density at radius 1 is 0.553 bits per heavy atom. The topological polar surface area (TPSA) is 208 Å². The number of aliphatic hydroxyl groups is 8. The highest BCUT2D eigenvalue weighted by Crippen LogP contribution is 2.43. The lowest BCUT2D eigenvalue weighted by molar-refractivity contribution is -0.342. The van der Waals surface area contributed by atoms with Crippen LogP contribution < -0.4 is 0 Å². The van der Waals surface area contributed by atoms with E-state index in [4.69, 9.17) is 23.7 Å². The highest BCUT2D eigenvalue weighted by atomic mass is 16.7. The van der Waals surface area contributed by atoms with Crippen molar-refractivity contribution in [1.29, 1.82) is 0 Å². The van der Waals surface area contributed by atoms with Gasteiger partial charge in [0.2, 0.25) is 0 Å². The Hall–Kier alpha value is -0.520. The molecule has 0 amide bonds. The van der Waals surface area contributed by atoms with Gasteiger partial charge >= 0.3 is 0 Å². The largest absolute Gasteiger partial charge is 0.393 e. The molecule has 0 aromatic rings. The van der Waals surface area contributed by atoms with E-state index in [-0.39, 0.29) is 43.7 Å². The summed E-state index contributed by atoms with van der Waals surface area (Å²) < 4.78 is 29.2. The Labute approximate surface area is 220 Å². The molecule has 5 rings (SSSR count).